The Balaban J connectivity index is 1.74. The fraction of sp³-hybridized carbons (Fsp3) is 0.333. The Hall–Kier alpha value is -3.03. The second-order valence-electron chi connectivity index (χ2n) is 6.41. The van der Waals surface area contributed by atoms with E-state index in [0.717, 1.165) is 27.9 Å². The van der Waals surface area contributed by atoms with E-state index < -0.39 is 12.1 Å². The molecule has 0 unspecified atom stereocenters. The molecule has 1 N–H and O–H groups in total. The summed E-state index contributed by atoms with van der Waals surface area (Å²) in [6, 6.07) is 3.74. The monoisotopic (exact) mass is 355 g/mol. The molecule has 0 radical (unpaired) electrons. The Morgan fingerprint density at radius 1 is 1.35 bits per heavy atom. The zero-order valence-electron chi connectivity index (χ0n) is 14.7. The summed E-state index contributed by atoms with van der Waals surface area (Å²) in [6.45, 7) is 1.89. The summed E-state index contributed by atoms with van der Waals surface area (Å²) in [4.78, 5) is 24.6. The number of nitrogens with one attached hydrogen (secondary N) is 1. The highest BCUT2D eigenvalue weighted by Crippen LogP contribution is 2.36. The van der Waals surface area contributed by atoms with Crippen molar-refractivity contribution in [2.45, 2.75) is 19.5 Å². The van der Waals surface area contributed by atoms with Crippen LogP contribution >= 0.6 is 0 Å². The first-order chi connectivity index (χ1) is 12.5. The smallest absolute Gasteiger partial charge is 0.231 e. The maximum Gasteiger partial charge on any atom is 0.231 e. The molecule has 0 spiro atoms. The molecule has 4 rings (SSSR count). The zero-order chi connectivity index (χ0) is 18.4. The van der Waals surface area contributed by atoms with Gasteiger partial charge in [-0.3, -0.25) is 4.79 Å². The number of aryl methyl sites for hydroxylation is 2. The van der Waals surface area contributed by atoms with Crippen LogP contribution in [0, 0.1) is 12.8 Å². The summed E-state index contributed by atoms with van der Waals surface area (Å²) in [5, 5.41) is 3.57. The van der Waals surface area contributed by atoms with Crippen molar-refractivity contribution in [2.24, 2.45) is 13.0 Å². The van der Waals surface area contributed by atoms with Crippen LogP contribution in [-0.2, 0) is 11.8 Å². The van der Waals surface area contributed by atoms with E-state index >= 15 is 0 Å². The highest BCUT2D eigenvalue weighted by molar-refractivity contribution is 5.96. The van der Waals surface area contributed by atoms with Crippen LogP contribution in [-0.4, -0.2) is 38.7 Å². The van der Waals surface area contributed by atoms with E-state index in [9.17, 15) is 9.18 Å². The predicted octanol–water partition coefficient (Wildman–Crippen LogP) is 2.64. The molecule has 0 aliphatic heterocycles. The van der Waals surface area contributed by atoms with Crippen molar-refractivity contribution >= 4 is 22.6 Å². The maximum atomic E-state index is 13.0. The van der Waals surface area contributed by atoms with E-state index in [1.807, 2.05) is 24.6 Å². The van der Waals surface area contributed by atoms with Crippen molar-refractivity contribution < 1.29 is 13.9 Å². The molecule has 3 heterocycles. The number of nitrogens with zero attached hydrogens (tertiary/aromatic N) is 4. The average Bonchev–Trinajstić information content (AvgIpc) is 3.28. The van der Waals surface area contributed by atoms with E-state index in [0.29, 0.717) is 11.7 Å². The molecular formula is C18H18FN5O2. The van der Waals surface area contributed by atoms with Gasteiger partial charge in [0.05, 0.1) is 41.7 Å². The summed E-state index contributed by atoms with van der Waals surface area (Å²) in [6.07, 6.45) is 2.40. The minimum atomic E-state index is -1.03. The summed E-state index contributed by atoms with van der Waals surface area (Å²) >= 11 is 0. The first-order valence-corrected chi connectivity index (χ1v) is 8.26. The number of ether oxygens (including phenoxy) is 1. The van der Waals surface area contributed by atoms with Crippen LogP contribution in [0.1, 0.15) is 12.1 Å². The molecule has 1 aliphatic rings. The van der Waals surface area contributed by atoms with E-state index in [-0.39, 0.29) is 12.3 Å². The topological polar surface area (TPSA) is 81.9 Å². The SMILES string of the molecule is COc1ncnc(C)c1-c1cc2cc(NC(=O)[C@@H]3C[C@@H]3F)ncc2n1C. The van der Waals surface area contributed by atoms with Gasteiger partial charge in [-0.05, 0) is 25.5 Å². The zero-order valence-corrected chi connectivity index (χ0v) is 14.7. The highest BCUT2D eigenvalue weighted by atomic mass is 19.1. The third-order valence-electron chi connectivity index (χ3n) is 4.68. The molecule has 134 valence electrons. The Morgan fingerprint density at radius 3 is 2.81 bits per heavy atom. The van der Waals surface area contributed by atoms with Crippen molar-refractivity contribution in [1.29, 1.82) is 0 Å². The second-order valence-corrected chi connectivity index (χ2v) is 6.41. The van der Waals surface area contributed by atoms with Crippen molar-refractivity contribution in [2.75, 3.05) is 12.4 Å². The molecule has 2 atom stereocenters. The number of pyridine rings is 1. The number of amides is 1. The number of carbonyl (C=O) groups is 1. The van der Waals surface area contributed by atoms with Crippen LogP contribution in [0.15, 0.2) is 24.7 Å². The standard InChI is InChI=1S/C18H18FN5O2/c1-9-16(18(26-3)22-8-21-9)13-4-10-5-15(20-7-14(10)24(13)2)23-17(25)11-6-12(11)19/h4-5,7-8,11-12H,6H2,1-3H3,(H,20,23,25)/t11-,12+/m1/s1. The lowest BCUT2D eigenvalue weighted by Crippen LogP contribution is -2.15. The number of carbonyl (C=O) groups excluding carboxylic acids is 1. The van der Waals surface area contributed by atoms with Crippen LogP contribution < -0.4 is 10.1 Å². The molecule has 3 aromatic rings. The third-order valence-corrected chi connectivity index (χ3v) is 4.68. The van der Waals surface area contributed by atoms with Gasteiger partial charge in [0.1, 0.15) is 18.3 Å². The molecule has 8 heteroatoms. The van der Waals surface area contributed by atoms with Gasteiger partial charge in [-0.15, -0.1) is 0 Å². The summed E-state index contributed by atoms with van der Waals surface area (Å²) in [5.41, 5.74) is 3.37. The molecule has 1 fully saturated rings. The number of aromatic nitrogens is 4. The molecule has 0 aromatic carbocycles. The number of anilines is 1. The van der Waals surface area contributed by atoms with Crippen molar-refractivity contribution in [3.8, 4) is 17.1 Å². The number of hydrogen-bond donors (Lipinski definition) is 1. The Labute approximate surface area is 149 Å². The van der Waals surface area contributed by atoms with Crippen LogP contribution in [0.3, 0.4) is 0 Å². The van der Waals surface area contributed by atoms with Crippen LogP contribution in [0.25, 0.3) is 22.2 Å². The Kier molecular flexibility index (Phi) is 3.82. The van der Waals surface area contributed by atoms with E-state index in [4.69, 9.17) is 4.74 Å². The third kappa shape index (κ3) is 2.67. The lowest BCUT2D eigenvalue weighted by atomic mass is 10.1. The van der Waals surface area contributed by atoms with Gasteiger partial charge in [0.2, 0.25) is 11.8 Å². The van der Waals surface area contributed by atoms with Gasteiger partial charge in [-0.25, -0.2) is 19.3 Å². The lowest BCUT2D eigenvalue weighted by molar-refractivity contribution is -0.117. The number of hydrogen-bond acceptors (Lipinski definition) is 5. The number of halogens is 1. The molecular weight excluding hydrogens is 337 g/mol. The van der Waals surface area contributed by atoms with Crippen LogP contribution in [0.4, 0.5) is 10.2 Å². The van der Waals surface area contributed by atoms with Crippen molar-refractivity contribution in [3.63, 3.8) is 0 Å². The second kappa shape index (κ2) is 6.05. The minimum Gasteiger partial charge on any atom is -0.480 e. The van der Waals surface area contributed by atoms with Crippen LogP contribution in [0.5, 0.6) is 5.88 Å². The van der Waals surface area contributed by atoms with Gasteiger partial charge in [0.15, 0.2) is 0 Å². The van der Waals surface area contributed by atoms with Crippen molar-refractivity contribution in [3.05, 3.63) is 30.4 Å². The molecule has 0 bridgehead atoms. The first-order valence-electron chi connectivity index (χ1n) is 8.26. The fourth-order valence-corrected chi connectivity index (χ4v) is 3.10. The van der Waals surface area contributed by atoms with Gasteiger partial charge in [-0.2, -0.15) is 0 Å². The molecule has 1 saturated carbocycles. The van der Waals surface area contributed by atoms with E-state index in [1.54, 1.807) is 19.4 Å². The molecule has 3 aromatic heterocycles. The highest BCUT2D eigenvalue weighted by Gasteiger charge is 2.43. The number of alkyl halides is 1. The summed E-state index contributed by atoms with van der Waals surface area (Å²) in [5.74, 6) is 0.0287. The first kappa shape index (κ1) is 16.4. The predicted molar refractivity (Wildman–Crippen MR) is 94.7 cm³/mol. The maximum absolute atomic E-state index is 13.0. The number of methoxy groups -OCH3 is 1. The van der Waals surface area contributed by atoms with Crippen LogP contribution in [0.2, 0.25) is 0 Å². The normalized spacial score (nSPS) is 18.8. The summed E-state index contributed by atoms with van der Waals surface area (Å²) < 4.78 is 20.4. The molecule has 1 amide bonds. The quantitative estimate of drug-likeness (QED) is 0.778. The minimum absolute atomic E-state index is 0.288. The average molecular weight is 355 g/mol. The van der Waals surface area contributed by atoms with Gasteiger partial charge in [0.25, 0.3) is 0 Å². The molecule has 26 heavy (non-hydrogen) atoms. The fourth-order valence-electron chi connectivity index (χ4n) is 3.10. The Bertz CT molecular complexity index is 1020. The van der Waals surface area contributed by atoms with E-state index in [1.165, 1.54) is 6.33 Å². The van der Waals surface area contributed by atoms with E-state index in [2.05, 4.69) is 20.3 Å². The van der Waals surface area contributed by atoms with Crippen molar-refractivity contribution in [1.82, 2.24) is 19.5 Å². The molecule has 1 aliphatic carbocycles. The summed E-state index contributed by atoms with van der Waals surface area (Å²) in [7, 11) is 3.49. The lowest BCUT2D eigenvalue weighted by Gasteiger charge is -2.10. The van der Waals surface area contributed by atoms with Gasteiger partial charge < -0.3 is 14.6 Å². The molecule has 7 nitrogen and oxygen atoms in total. The van der Waals surface area contributed by atoms with Gasteiger partial charge in [-0.1, -0.05) is 0 Å². The Morgan fingerprint density at radius 2 is 2.12 bits per heavy atom. The largest absolute Gasteiger partial charge is 0.480 e. The number of fused-ring (bicyclic) bond motifs is 1. The molecule has 0 saturated heterocycles. The van der Waals surface area contributed by atoms with Gasteiger partial charge >= 0.3 is 0 Å². The van der Waals surface area contributed by atoms with Gasteiger partial charge in [0, 0.05) is 12.4 Å². The number of rotatable bonds is 4.